The molecule has 0 saturated carbocycles. The number of carbonyl (C=O) groups excluding carboxylic acids is 1. The molecule has 1 aromatic carbocycles. The van der Waals surface area contributed by atoms with Crippen LogP contribution in [0.5, 0.6) is 5.75 Å². The molecule has 1 aromatic rings. The predicted molar refractivity (Wildman–Crippen MR) is 104 cm³/mol. The summed E-state index contributed by atoms with van der Waals surface area (Å²) in [4.78, 5) is 12.8. The van der Waals surface area contributed by atoms with Crippen molar-refractivity contribution in [3.8, 4) is 5.75 Å². The Balaban J connectivity index is 2.68. The van der Waals surface area contributed by atoms with E-state index in [1.54, 1.807) is 0 Å². The highest BCUT2D eigenvalue weighted by atomic mass is 16.5. The van der Waals surface area contributed by atoms with E-state index in [0.717, 1.165) is 43.5 Å². The average molecular weight is 350 g/mol. The normalized spacial score (nSPS) is 13.5. The lowest BCUT2D eigenvalue weighted by atomic mass is 9.96. The quantitative estimate of drug-likeness (QED) is 0.512. The van der Waals surface area contributed by atoms with Gasteiger partial charge in [-0.05, 0) is 49.9 Å². The largest absolute Gasteiger partial charge is 0.493 e. The van der Waals surface area contributed by atoms with Crippen LogP contribution in [0.3, 0.4) is 0 Å². The Hall–Kier alpha value is -1.55. The highest BCUT2D eigenvalue weighted by molar-refractivity contribution is 5.97. The molecule has 0 radical (unpaired) electrons. The molecule has 0 fully saturated rings. The van der Waals surface area contributed by atoms with E-state index in [-0.39, 0.29) is 5.91 Å². The molecule has 0 spiro atoms. The number of hydrogen-bond acceptors (Lipinski definition) is 3. The van der Waals surface area contributed by atoms with Gasteiger partial charge < -0.3 is 14.8 Å². The van der Waals surface area contributed by atoms with E-state index < -0.39 is 5.60 Å². The molecule has 142 valence electrons. The summed E-state index contributed by atoms with van der Waals surface area (Å²) in [6.07, 6.45) is 4.87. The van der Waals surface area contributed by atoms with E-state index in [4.69, 9.17) is 9.47 Å². The Morgan fingerprint density at radius 2 is 1.80 bits per heavy atom. The van der Waals surface area contributed by atoms with Crippen molar-refractivity contribution in [1.82, 2.24) is 0 Å². The van der Waals surface area contributed by atoms with Crippen molar-refractivity contribution in [3.05, 3.63) is 24.3 Å². The minimum absolute atomic E-state index is 0.0760. The van der Waals surface area contributed by atoms with E-state index in [1.165, 1.54) is 0 Å². The lowest BCUT2D eigenvalue weighted by Gasteiger charge is -2.28. The maximum absolute atomic E-state index is 12.8. The van der Waals surface area contributed by atoms with Crippen LogP contribution in [-0.2, 0) is 9.53 Å². The summed E-state index contributed by atoms with van der Waals surface area (Å²) in [5.74, 6) is 1.23. The van der Waals surface area contributed by atoms with Crippen molar-refractivity contribution >= 4 is 11.6 Å². The standard InChI is InChI=1S/C21H35NO3/c1-6-8-9-14-21(5,25-15-7-2)20(23)22-18-10-12-19(13-11-18)24-16-17(3)4/h10-13,17H,6-9,14-16H2,1-5H3,(H,22,23)/t21-/m0/s1. The first-order valence-corrected chi connectivity index (χ1v) is 9.59. The van der Waals surface area contributed by atoms with Crippen LogP contribution in [0.15, 0.2) is 24.3 Å². The minimum Gasteiger partial charge on any atom is -0.493 e. The van der Waals surface area contributed by atoms with Gasteiger partial charge in [0.05, 0.1) is 6.61 Å². The van der Waals surface area contributed by atoms with Gasteiger partial charge >= 0.3 is 0 Å². The lowest BCUT2D eigenvalue weighted by Crippen LogP contribution is -2.43. The average Bonchev–Trinajstić information content (AvgIpc) is 2.59. The second kappa shape index (κ2) is 11.1. The second-order valence-corrected chi connectivity index (χ2v) is 7.22. The summed E-state index contributed by atoms with van der Waals surface area (Å²) in [6, 6.07) is 7.53. The van der Waals surface area contributed by atoms with Gasteiger partial charge in [-0.2, -0.15) is 0 Å². The number of hydrogen-bond donors (Lipinski definition) is 1. The van der Waals surface area contributed by atoms with Crippen molar-refractivity contribution < 1.29 is 14.3 Å². The molecule has 0 aromatic heterocycles. The molecule has 1 N–H and O–H groups in total. The smallest absolute Gasteiger partial charge is 0.256 e. The van der Waals surface area contributed by atoms with Crippen molar-refractivity contribution in [2.45, 2.75) is 72.3 Å². The Labute approximate surface area is 153 Å². The van der Waals surface area contributed by atoms with Crippen molar-refractivity contribution in [2.24, 2.45) is 5.92 Å². The summed E-state index contributed by atoms with van der Waals surface area (Å²) in [5.41, 5.74) is -0.0124. The molecule has 0 bridgehead atoms. The Morgan fingerprint density at radius 1 is 1.12 bits per heavy atom. The van der Waals surface area contributed by atoms with E-state index in [2.05, 4.69) is 33.0 Å². The zero-order valence-electron chi connectivity index (χ0n) is 16.6. The first kappa shape index (κ1) is 21.5. The Bertz CT molecular complexity index is 498. The van der Waals surface area contributed by atoms with Gasteiger partial charge in [-0.15, -0.1) is 0 Å². The predicted octanol–water partition coefficient (Wildman–Crippen LogP) is 5.43. The third kappa shape index (κ3) is 7.91. The number of benzene rings is 1. The highest BCUT2D eigenvalue weighted by Gasteiger charge is 2.33. The van der Waals surface area contributed by atoms with Crippen LogP contribution in [0.1, 0.15) is 66.7 Å². The molecule has 1 amide bonds. The molecule has 4 nitrogen and oxygen atoms in total. The topological polar surface area (TPSA) is 47.6 Å². The lowest BCUT2D eigenvalue weighted by molar-refractivity contribution is -0.140. The van der Waals surface area contributed by atoms with Gasteiger partial charge in [0.15, 0.2) is 0 Å². The van der Waals surface area contributed by atoms with Gasteiger partial charge in [0.25, 0.3) is 5.91 Å². The number of rotatable bonds is 12. The van der Waals surface area contributed by atoms with E-state index >= 15 is 0 Å². The molecular formula is C21H35NO3. The van der Waals surface area contributed by atoms with Crippen LogP contribution in [0, 0.1) is 5.92 Å². The van der Waals surface area contributed by atoms with Crippen LogP contribution in [0.25, 0.3) is 0 Å². The summed E-state index contributed by atoms with van der Waals surface area (Å²) in [7, 11) is 0. The van der Waals surface area contributed by atoms with Crippen LogP contribution in [-0.4, -0.2) is 24.7 Å². The van der Waals surface area contributed by atoms with Crippen LogP contribution in [0.4, 0.5) is 5.69 Å². The molecule has 1 rings (SSSR count). The van der Waals surface area contributed by atoms with Gasteiger partial charge in [0, 0.05) is 12.3 Å². The van der Waals surface area contributed by atoms with E-state index in [1.807, 2.05) is 31.2 Å². The first-order chi connectivity index (χ1) is 11.9. The van der Waals surface area contributed by atoms with Gasteiger partial charge in [0.2, 0.25) is 0 Å². The van der Waals surface area contributed by atoms with Gasteiger partial charge in [-0.25, -0.2) is 0 Å². The maximum Gasteiger partial charge on any atom is 0.256 e. The second-order valence-electron chi connectivity index (χ2n) is 7.22. The fourth-order valence-electron chi connectivity index (χ4n) is 2.45. The zero-order chi connectivity index (χ0) is 18.7. The third-order valence-electron chi connectivity index (χ3n) is 4.06. The molecule has 4 heteroatoms. The van der Waals surface area contributed by atoms with Crippen LogP contribution in [0.2, 0.25) is 0 Å². The van der Waals surface area contributed by atoms with Crippen LogP contribution >= 0.6 is 0 Å². The fraction of sp³-hybridized carbons (Fsp3) is 0.667. The molecule has 0 aliphatic rings. The van der Waals surface area contributed by atoms with Gasteiger partial charge in [-0.1, -0.05) is 47.0 Å². The highest BCUT2D eigenvalue weighted by Crippen LogP contribution is 2.23. The van der Waals surface area contributed by atoms with Crippen molar-refractivity contribution in [1.29, 1.82) is 0 Å². The number of carbonyl (C=O) groups is 1. The third-order valence-corrected chi connectivity index (χ3v) is 4.06. The van der Waals surface area contributed by atoms with Crippen molar-refractivity contribution in [3.63, 3.8) is 0 Å². The molecule has 0 unspecified atom stereocenters. The van der Waals surface area contributed by atoms with Crippen LogP contribution < -0.4 is 10.1 Å². The number of nitrogens with one attached hydrogen (secondary N) is 1. The summed E-state index contributed by atoms with van der Waals surface area (Å²) in [5, 5.41) is 2.99. The summed E-state index contributed by atoms with van der Waals surface area (Å²) >= 11 is 0. The minimum atomic E-state index is -0.780. The Morgan fingerprint density at radius 3 is 2.36 bits per heavy atom. The Kier molecular flexibility index (Phi) is 9.58. The van der Waals surface area contributed by atoms with Gasteiger partial charge in [-0.3, -0.25) is 4.79 Å². The summed E-state index contributed by atoms with van der Waals surface area (Å²) in [6.45, 7) is 11.6. The molecule has 0 aliphatic heterocycles. The zero-order valence-corrected chi connectivity index (χ0v) is 16.6. The van der Waals surface area contributed by atoms with Gasteiger partial charge in [0.1, 0.15) is 11.4 Å². The fourth-order valence-corrected chi connectivity index (χ4v) is 2.45. The number of ether oxygens (including phenoxy) is 2. The first-order valence-electron chi connectivity index (χ1n) is 9.59. The van der Waals surface area contributed by atoms with E-state index in [9.17, 15) is 4.79 Å². The summed E-state index contributed by atoms with van der Waals surface area (Å²) < 4.78 is 11.6. The molecule has 0 heterocycles. The molecule has 1 atom stereocenters. The SMILES string of the molecule is CCCCC[C@](C)(OCCC)C(=O)Nc1ccc(OCC(C)C)cc1. The van der Waals surface area contributed by atoms with Crippen molar-refractivity contribution in [2.75, 3.05) is 18.5 Å². The molecular weight excluding hydrogens is 314 g/mol. The molecule has 25 heavy (non-hydrogen) atoms. The molecule has 0 saturated heterocycles. The number of amides is 1. The number of unbranched alkanes of at least 4 members (excludes halogenated alkanes) is 2. The monoisotopic (exact) mass is 349 g/mol. The number of anilines is 1. The molecule has 0 aliphatic carbocycles. The maximum atomic E-state index is 12.8. The van der Waals surface area contributed by atoms with E-state index in [0.29, 0.717) is 19.1 Å².